The molecule has 0 radical (unpaired) electrons. The van der Waals surface area contributed by atoms with E-state index in [1.807, 2.05) is 18.2 Å². The number of anilines is 2. The van der Waals surface area contributed by atoms with Gasteiger partial charge in [-0.1, -0.05) is 6.07 Å². The van der Waals surface area contributed by atoms with E-state index in [4.69, 9.17) is 0 Å². The van der Waals surface area contributed by atoms with Crippen LogP contribution in [0.5, 0.6) is 0 Å². The first-order chi connectivity index (χ1) is 9.06. The van der Waals surface area contributed by atoms with Crippen molar-refractivity contribution in [3.63, 3.8) is 0 Å². The Morgan fingerprint density at radius 1 is 1.42 bits per heavy atom. The summed E-state index contributed by atoms with van der Waals surface area (Å²) in [4.78, 5) is 26.7. The topological polar surface area (TPSA) is 60.9 Å². The number of amides is 2. The van der Waals surface area contributed by atoms with E-state index in [-0.39, 0.29) is 18.2 Å². The van der Waals surface area contributed by atoms with Crippen LogP contribution in [0.1, 0.15) is 18.9 Å². The van der Waals surface area contributed by atoms with Gasteiger partial charge in [0.1, 0.15) is 0 Å². The molecule has 3 rings (SSSR count). The Labute approximate surface area is 111 Å². The fraction of sp³-hybridized carbons (Fsp3) is 0.429. The van der Waals surface area contributed by atoms with Gasteiger partial charge in [0, 0.05) is 24.8 Å². The lowest BCUT2D eigenvalue weighted by Gasteiger charge is -2.20. The van der Waals surface area contributed by atoms with Crippen LogP contribution in [0.15, 0.2) is 18.2 Å². The fourth-order valence-electron chi connectivity index (χ4n) is 2.80. The zero-order valence-corrected chi connectivity index (χ0v) is 10.8. The molecule has 2 aliphatic heterocycles. The van der Waals surface area contributed by atoms with Gasteiger partial charge >= 0.3 is 0 Å². The van der Waals surface area contributed by atoms with Gasteiger partial charge in [0.15, 0.2) is 0 Å². The van der Waals surface area contributed by atoms with Crippen molar-refractivity contribution in [2.75, 3.05) is 22.9 Å². The SMILES string of the molecule is CC(=O)N1CCc2ccc(N3CC(O)CC3=O)cc21. The fourth-order valence-corrected chi connectivity index (χ4v) is 2.80. The van der Waals surface area contributed by atoms with Crippen LogP contribution in [0.25, 0.3) is 0 Å². The number of aliphatic hydroxyl groups excluding tert-OH is 1. The van der Waals surface area contributed by atoms with Crippen molar-refractivity contribution in [2.24, 2.45) is 0 Å². The second-order valence-electron chi connectivity index (χ2n) is 5.10. The lowest BCUT2D eigenvalue weighted by molar-refractivity contribution is -0.118. The molecule has 1 aromatic rings. The summed E-state index contributed by atoms with van der Waals surface area (Å²) in [5.41, 5.74) is 2.78. The number of fused-ring (bicyclic) bond motifs is 1. The van der Waals surface area contributed by atoms with Gasteiger partial charge in [0.2, 0.25) is 11.8 Å². The molecule has 1 atom stereocenters. The highest BCUT2D eigenvalue weighted by Gasteiger charge is 2.30. The minimum absolute atomic E-state index is 0.0173. The third-order valence-corrected chi connectivity index (χ3v) is 3.76. The predicted octanol–water partition coefficient (Wildman–Crippen LogP) is 0.693. The molecule has 1 unspecified atom stereocenters. The van der Waals surface area contributed by atoms with E-state index in [0.29, 0.717) is 13.1 Å². The summed E-state index contributed by atoms with van der Waals surface area (Å²) >= 11 is 0. The molecule has 0 bridgehead atoms. The van der Waals surface area contributed by atoms with Crippen molar-refractivity contribution < 1.29 is 14.7 Å². The number of aliphatic hydroxyl groups is 1. The smallest absolute Gasteiger partial charge is 0.229 e. The van der Waals surface area contributed by atoms with Crippen LogP contribution >= 0.6 is 0 Å². The van der Waals surface area contributed by atoms with Crippen molar-refractivity contribution in [3.05, 3.63) is 23.8 Å². The zero-order valence-electron chi connectivity index (χ0n) is 10.8. The van der Waals surface area contributed by atoms with Crippen LogP contribution in [-0.2, 0) is 16.0 Å². The second kappa shape index (κ2) is 4.35. The van der Waals surface area contributed by atoms with E-state index in [2.05, 4.69) is 0 Å². The first-order valence-electron chi connectivity index (χ1n) is 6.45. The van der Waals surface area contributed by atoms with Crippen molar-refractivity contribution in [1.82, 2.24) is 0 Å². The molecule has 5 nitrogen and oxygen atoms in total. The summed E-state index contributed by atoms with van der Waals surface area (Å²) in [5.74, 6) is -0.0523. The summed E-state index contributed by atoms with van der Waals surface area (Å²) in [6.07, 6.45) is 0.434. The highest BCUT2D eigenvalue weighted by atomic mass is 16.3. The molecule has 1 saturated heterocycles. The normalized spacial score (nSPS) is 22.0. The van der Waals surface area contributed by atoms with Gasteiger partial charge < -0.3 is 14.9 Å². The highest BCUT2D eigenvalue weighted by molar-refractivity contribution is 5.98. The van der Waals surface area contributed by atoms with Crippen molar-refractivity contribution in [3.8, 4) is 0 Å². The van der Waals surface area contributed by atoms with Crippen LogP contribution in [0.2, 0.25) is 0 Å². The zero-order chi connectivity index (χ0) is 13.6. The molecule has 5 heteroatoms. The van der Waals surface area contributed by atoms with Crippen molar-refractivity contribution in [2.45, 2.75) is 25.9 Å². The maximum absolute atomic E-state index is 11.8. The first-order valence-corrected chi connectivity index (χ1v) is 6.45. The van der Waals surface area contributed by atoms with E-state index in [0.717, 1.165) is 23.4 Å². The maximum atomic E-state index is 11.8. The number of hydrogen-bond donors (Lipinski definition) is 1. The third kappa shape index (κ3) is 2.00. The Morgan fingerprint density at radius 2 is 2.21 bits per heavy atom. The summed E-state index contributed by atoms with van der Waals surface area (Å²) in [5, 5.41) is 9.54. The van der Waals surface area contributed by atoms with Gasteiger partial charge in [-0.3, -0.25) is 9.59 Å². The molecule has 0 aromatic heterocycles. The average Bonchev–Trinajstić information content (AvgIpc) is 2.91. The van der Waals surface area contributed by atoms with E-state index in [9.17, 15) is 14.7 Å². The highest BCUT2D eigenvalue weighted by Crippen LogP contribution is 2.33. The second-order valence-corrected chi connectivity index (χ2v) is 5.10. The molecule has 1 fully saturated rings. The summed E-state index contributed by atoms with van der Waals surface area (Å²) < 4.78 is 0. The first kappa shape index (κ1) is 12.2. The van der Waals surface area contributed by atoms with Gasteiger partial charge in [-0.2, -0.15) is 0 Å². The molecule has 2 aliphatic rings. The van der Waals surface area contributed by atoms with Gasteiger partial charge in [-0.25, -0.2) is 0 Å². The Kier molecular flexibility index (Phi) is 2.78. The van der Waals surface area contributed by atoms with E-state index in [1.54, 1.807) is 16.7 Å². The van der Waals surface area contributed by atoms with E-state index < -0.39 is 6.10 Å². The van der Waals surface area contributed by atoms with E-state index in [1.165, 1.54) is 0 Å². The van der Waals surface area contributed by atoms with Crippen LogP contribution < -0.4 is 9.80 Å². The Balaban J connectivity index is 1.95. The Morgan fingerprint density at radius 3 is 2.84 bits per heavy atom. The Hall–Kier alpha value is -1.88. The Bertz CT molecular complexity index is 556. The van der Waals surface area contributed by atoms with Crippen LogP contribution in [-0.4, -0.2) is 36.1 Å². The molecular formula is C14H16N2O3. The molecule has 1 aromatic carbocycles. The van der Waals surface area contributed by atoms with Crippen LogP contribution in [0.3, 0.4) is 0 Å². The van der Waals surface area contributed by atoms with Crippen LogP contribution in [0.4, 0.5) is 11.4 Å². The summed E-state index contributed by atoms with van der Waals surface area (Å²) in [7, 11) is 0. The quantitative estimate of drug-likeness (QED) is 0.808. The van der Waals surface area contributed by atoms with Gasteiger partial charge in [-0.05, 0) is 24.1 Å². The maximum Gasteiger partial charge on any atom is 0.229 e. The number of β-amino-alcohol motifs (C(OH)–C–C–N with tert-alkyl or cyclic N) is 1. The average molecular weight is 260 g/mol. The number of benzene rings is 1. The number of rotatable bonds is 1. The molecule has 19 heavy (non-hydrogen) atoms. The molecular weight excluding hydrogens is 244 g/mol. The largest absolute Gasteiger partial charge is 0.391 e. The lowest BCUT2D eigenvalue weighted by atomic mass is 10.1. The molecule has 0 spiro atoms. The molecule has 2 heterocycles. The van der Waals surface area contributed by atoms with Gasteiger partial charge in [0.25, 0.3) is 0 Å². The lowest BCUT2D eigenvalue weighted by Crippen LogP contribution is -2.27. The number of nitrogens with zero attached hydrogens (tertiary/aromatic N) is 2. The predicted molar refractivity (Wildman–Crippen MR) is 71.1 cm³/mol. The van der Waals surface area contributed by atoms with Crippen LogP contribution in [0, 0.1) is 0 Å². The molecule has 100 valence electrons. The summed E-state index contributed by atoms with van der Waals surface area (Å²) in [6, 6.07) is 5.73. The third-order valence-electron chi connectivity index (χ3n) is 3.76. The monoisotopic (exact) mass is 260 g/mol. The summed E-state index contributed by atoms with van der Waals surface area (Å²) in [6.45, 7) is 2.58. The molecule has 2 amide bonds. The minimum Gasteiger partial charge on any atom is -0.391 e. The van der Waals surface area contributed by atoms with Crippen molar-refractivity contribution >= 4 is 23.2 Å². The number of hydrogen-bond acceptors (Lipinski definition) is 3. The molecule has 1 N–H and O–H groups in total. The van der Waals surface area contributed by atoms with Gasteiger partial charge in [-0.15, -0.1) is 0 Å². The van der Waals surface area contributed by atoms with Crippen molar-refractivity contribution in [1.29, 1.82) is 0 Å². The van der Waals surface area contributed by atoms with E-state index >= 15 is 0 Å². The standard InChI is InChI=1S/C14H16N2O3/c1-9(17)15-5-4-10-2-3-11(6-13(10)15)16-8-12(18)7-14(16)19/h2-3,6,12,18H,4-5,7-8H2,1H3. The molecule has 0 aliphatic carbocycles. The molecule has 0 saturated carbocycles. The minimum atomic E-state index is -0.593. The number of carbonyl (C=O) groups is 2. The number of carbonyl (C=O) groups excluding carboxylic acids is 2. The van der Waals surface area contributed by atoms with Gasteiger partial charge in [0.05, 0.1) is 19.1 Å².